The Bertz CT molecular complexity index is 776. The van der Waals surface area contributed by atoms with E-state index in [4.69, 9.17) is 0 Å². The summed E-state index contributed by atoms with van der Waals surface area (Å²) < 4.78 is 0. The van der Waals surface area contributed by atoms with Gasteiger partial charge < -0.3 is 15.2 Å². The average Bonchev–Trinajstić information content (AvgIpc) is 3.14. The van der Waals surface area contributed by atoms with Gasteiger partial charge in [0.15, 0.2) is 0 Å². The van der Waals surface area contributed by atoms with Crippen LogP contribution in [-0.4, -0.2) is 36.6 Å². The molecule has 0 aliphatic carbocycles. The number of aromatic amines is 1. The number of aryl methyl sites for hydroxylation is 1. The Morgan fingerprint density at radius 1 is 1.13 bits per heavy atom. The molecule has 4 nitrogen and oxygen atoms in total. The van der Waals surface area contributed by atoms with Crippen molar-refractivity contribution in [2.45, 2.75) is 85.6 Å². The number of hydrogen-bond acceptors (Lipinski definition) is 1. The van der Waals surface area contributed by atoms with Crippen molar-refractivity contribution in [2.75, 3.05) is 19.6 Å². The van der Waals surface area contributed by atoms with Crippen LogP contribution in [0.25, 0.3) is 10.9 Å². The first-order chi connectivity index (χ1) is 14.4. The van der Waals surface area contributed by atoms with Crippen molar-refractivity contribution in [3.8, 4) is 0 Å². The Labute approximate surface area is 183 Å². The number of para-hydroxylation sites is 1. The Morgan fingerprint density at radius 2 is 1.87 bits per heavy atom. The minimum absolute atomic E-state index is 0.185. The number of aromatic nitrogens is 1. The average molecular weight is 415 g/mol. The van der Waals surface area contributed by atoms with Gasteiger partial charge in [0.25, 0.3) is 0 Å². The summed E-state index contributed by atoms with van der Waals surface area (Å²) in [6.07, 6.45) is 6.95. The molecule has 0 unspecified atom stereocenters. The first-order valence-electron chi connectivity index (χ1n) is 12.1. The molecule has 0 radical (unpaired) electrons. The first-order valence-corrected chi connectivity index (χ1v) is 12.1. The summed E-state index contributed by atoms with van der Waals surface area (Å²) in [5.74, 6) is 0.985. The quantitative estimate of drug-likeness (QED) is 0.445. The zero-order valence-electron chi connectivity index (χ0n) is 20.1. The van der Waals surface area contributed by atoms with Gasteiger partial charge in [-0.3, -0.25) is 4.79 Å². The SMILES string of the molecule is CCc1cccc2c([C@@H](CC(=O)N[C@H](C)CCC[NH+](CC)CC)CC(C)C)c[nH]c12. The van der Waals surface area contributed by atoms with Crippen LogP contribution in [0.4, 0.5) is 0 Å². The molecule has 3 N–H and O–H groups in total. The number of amides is 1. The van der Waals surface area contributed by atoms with E-state index in [0.717, 1.165) is 25.7 Å². The number of benzene rings is 1. The molecule has 0 bridgehead atoms. The van der Waals surface area contributed by atoms with E-state index >= 15 is 0 Å². The van der Waals surface area contributed by atoms with Crippen molar-refractivity contribution >= 4 is 16.8 Å². The van der Waals surface area contributed by atoms with Crippen molar-refractivity contribution in [1.82, 2.24) is 10.3 Å². The largest absolute Gasteiger partial charge is 0.361 e. The highest BCUT2D eigenvalue weighted by Crippen LogP contribution is 2.34. The molecule has 0 aliphatic rings. The highest BCUT2D eigenvalue weighted by Gasteiger charge is 2.22. The predicted octanol–water partition coefficient (Wildman–Crippen LogP) is 4.46. The van der Waals surface area contributed by atoms with Crippen LogP contribution in [0.15, 0.2) is 24.4 Å². The Kier molecular flexibility index (Phi) is 9.90. The normalized spacial score (nSPS) is 13.9. The molecule has 1 aromatic heterocycles. The number of fused-ring (bicyclic) bond motifs is 1. The third-order valence-electron chi connectivity index (χ3n) is 6.42. The number of quaternary nitrogens is 1. The van der Waals surface area contributed by atoms with E-state index in [-0.39, 0.29) is 17.9 Å². The van der Waals surface area contributed by atoms with Crippen molar-refractivity contribution in [1.29, 1.82) is 0 Å². The van der Waals surface area contributed by atoms with Crippen LogP contribution in [0.1, 0.15) is 84.3 Å². The lowest BCUT2D eigenvalue weighted by Gasteiger charge is -2.21. The van der Waals surface area contributed by atoms with Gasteiger partial charge in [-0.15, -0.1) is 0 Å². The Morgan fingerprint density at radius 3 is 2.50 bits per heavy atom. The number of H-pyrrole nitrogens is 1. The summed E-state index contributed by atoms with van der Waals surface area (Å²) in [7, 11) is 0. The van der Waals surface area contributed by atoms with Crippen LogP contribution >= 0.6 is 0 Å². The zero-order chi connectivity index (χ0) is 22.1. The van der Waals surface area contributed by atoms with Gasteiger partial charge >= 0.3 is 0 Å². The molecule has 1 aromatic carbocycles. The summed E-state index contributed by atoms with van der Waals surface area (Å²) in [4.78, 5) is 18.0. The molecule has 168 valence electrons. The second-order valence-electron chi connectivity index (χ2n) is 9.29. The standard InChI is InChI=1S/C26H43N3O/c1-7-21-13-10-14-23-24(18-27-26(21)23)22(16-19(4)5)17-25(30)28-20(6)12-11-15-29(8-2)9-3/h10,13-14,18-20,22,27H,7-9,11-12,15-17H2,1-6H3,(H,28,30)/p+1/t20-,22-/m1/s1. The van der Waals surface area contributed by atoms with Gasteiger partial charge in [-0.2, -0.15) is 0 Å². The minimum Gasteiger partial charge on any atom is -0.361 e. The fourth-order valence-electron chi connectivity index (χ4n) is 4.65. The van der Waals surface area contributed by atoms with Crippen molar-refractivity contribution in [2.24, 2.45) is 5.92 Å². The van der Waals surface area contributed by atoms with Crippen molar-refractivity contribution < 1.29 is 9.69 Å². The maximum Gasteiger partial charge on any atom is 0.220 e. The topological polar surface area (TPSA) is 49.3 Å². The molecule has 0 fully saturated rings. The maximum absolute atomic E-state index is 12.9. The summed E-state index contributed by atoms with van der Waals surface area (Å²) in [5.41, 5.74) is 3.87. The third-order valence-corrected chi connectivity index (χ3v) is 6.42. The third kappa shape index (κ3) is 6.87. The number of nitrogens with one attached hydrogen (secondary N) is 3. The molecule has 30 heavy (non-hydrogen) atoms. The Balaban J connectivity index is 2.02. The fraction of sp³-hybridized carbons (Fsp3) is 0.654. The van der Waals surface area contributed by atoms with Gasteiger partial charge in [0.1, 0.15) is 0 Å². The highest BCUT2D eigenvalue weighted by molar-refractivity contribution is 5.87. The molecular weight excluding hydrogens is 370 g/mol. The number of carbonyl (C=O) groups is 1. The van der Waals surface area contributed by atoms with Crippen LogP contribution < -0.4 is 10.2 Å². The molecule has 0 saturated heterocycles. The van der Waals surface area contributed by atoms with Crippen LogP contribution in [-0.2, 0) is 11.2 Å². The summed E-state index contributed by atoms with van der Waals surface area (Å²) in [6.45, 7) is 16.9. The molecule has 2 aromatic rings. The molecule has 1 amide bonds. The van der Waals surface area contributed by atoms with Gasteiger partial charge in [0, 0.05) is 29.6 Å². The summed E-state index contributed by atoms with van der Waals surface area (Å²) >= 11 is 0. The van der Waals surface area contributed by atoms with Gasteiger partial charge in [-0.05, 0) is 69.4 Å². The molecule has 4 heteroatoms. The van der Waals surface area contributed by atoms with E-state index in [1.54, 1.807) is 4.90 Å². The molecule has 1 heterocycles. The summed E-state index contributed by atoms with van der Waals surface area (Å²) in [5, 5.41) is 4.55. The van der Waals surface area contributed by atoms with Crippen molar-refractivity contribution in [3.05, 3.63) is 35.5 Å². The van der Waals surface area contributed by atoms with E-state index in [9.17, 15) is 4.79 Å². The van der Waals surface area contributed by atoms with Gasteiger partial charge in [-0.25, -0.2) is 0 Å². The molecule has 2 atom stereocenters. The van der Waals surface area contributed by atoms with Crippen LogP contribution in [0.5, 0.6) is 0 Å². The highest BCUT2D eigenvalue weighted by atomic mass is 16.1. The number of rotatable bonds is 13. The van der Waals surface area contributed by atoms with Crippen LogP contribution in [0.2, 0.25) is 0 Å². The molecule has 0 spiro atoms. The van der Waals surface area contributed by atoms with Gasteiger partial charge in [0.2, 0.25) is 5.91 Å². The molecule has 0 aliphatic heterocycles. The van der Waals surface area contributed by atoms with Crippen LogP contribution in [0, 0.1) is 5.92 Å². The summed E-state index contributed by atoms with van der Waals surface area (Å²) in [6, 6.07) is 6.77. The second kappa shape index (κ2) is 12.1. The lowest BCUT2D eigenvalue weighted by molar-refractivity contribution is -0.896. The minimum atomic E-state index is 0.185. The smallest absolute Gasteiger partial charge is 0.220 e. The Hall–Kier alpha value is -1.81. The first kappa shape index (κ1) is 24.5. The van der Waals surface area contributed by atoms with Gasteiger partial charge in [-0.1, -0.05) is 39.0 Å². The van der Waals surface area contributed by atoms with E-state index in [0.29, 0.717) is 12.3 Å². The van der Waals surface area contributed by atoms with Crippen molar-refractivity contribution in [3.63, 3.8) is 0 Å². The maximum atomic E-state index is 12.9. The fourth-order valence-corrected chi connectivity index (χ4v) is 4.65. The number of hydrogen-bond donors (Lipinski definition) is 3. The van der Waals surface area contributed by atoms with E-state index in [1.165, 1.54) is 41.7 Å². The van der Waals surface area contributed by atoms with E-state index < -0.39 is 0 Å². The lowest BCUT2D eigenvalue weighted by atomic mass is 9.87. The zero-order valence-corrected chi connectivity index (χ0v) is 20.1. The van der Waals surface area contributed by atoms with E-state index in [1.807, 2.05) is 0 Å². The predicted molar refractivity (Wildman–Crippen MR) is 128 cm³/mol. The lowest BCUT2D eigenvalue weighted by Crippen LogP contribution is -3.11. The molecular formula is C26H44N3O+. The van der Waals surface area contributed by atoms with Crippen LogP contribution in [0.3, 0.4) is 0 Å². The molecule has 2 rings (SSSR count). The van der Waals surface area contributed by atoms with E-state index in [2.05, 4.69) is 76.2 Å². The molecule has 0 saturated carbocycles. The second-order valence-corrected chi connectivity index (χ2v) is 9.29. The van der Waals surface area contributed by atoms with Gasteiger partial charge in [0.05, 0.1) is 19.6 Å². The monoisotopic (exact) mass is 414 g/mol. The number of carbonyl (C=O) groups excluding carboxylic acids is 1.